The number of carboxylic acid groups (broad SMARTS) is 1. The van der Waals surface area contributed by atoms with Crippen molar-refractivity contribution in [3.63, 3.8) is 0 Å². The van der Waals surface area contributed by atoms with E-state index in [-0.39, 0.29) is 18.0 Å². The van der Waals surface area contributed by atoms with Gasteiger partial charge in [-0.3, -0.25) is 9.48 Å². The molecule has 8 heteroatoms. The maximum atomic E-state index is 11.7. The van der Waals surface area contributed by atoms with Gasteiger partial charge in [0.05, 0.1) is 5.69 Å². The number of nitrogens with zero attached hydrogens (tertiary/aromatic N) is 3. The molecule has 0 unspecified atom stereocenters. The van der Waals surface area contributed by atoms with Crippen LogP contribution in [0.2, 0.25) is 0 Å². The minimum absolute atomic E-state index is 0.0309. The first-order valence-corrected chi connectivity index (χ1v) is 6.78. The predicted octanol–water partition coefficient (Wildman–Crippen LogP) is 1.68. The van der Waals surface area contributed by atoms with E-state index < -0.39 is 5.97 Å². The first-order valence-electron chi connectivity index (χ1n) is 5.96. The number of carbonyl (C=O) groups excluding carboxylic acids is 1. The molecule has 0 bridgehead atoms. The third kappa shape index (κ3) is 3.41. The van der Waals surface area contributed by atoms with Crippen LogP contribution in [0.25, 0.3) is 0 Å². The Labute approximate surface area is 119 Å². The fourth-order valence-electron chi connectivity index (χ4n) is 1.52. The summed E-state index contributed by atoms with van der Waals surface area (Å²) in [6.45, 7) is 4.15. The molecular formula is C12H14N4O3S. The smallest absolute Gasteiger partial charge is 0.356 e. The van der Waals surface area contributed by atoms with Crippen molar-refractivity contribution in [2.45, 2.75) is 26.8 Å². The van der Waals surface area contributed by atoms with E-state index >= 15 is 0 Å². The third-order valence-electron chi connectivity index (χ3n) is 2.70. The van der Waals surface area contributed by atoms with Gasteiger partial charge in [0.25, 0.3) is 0 Å². The number of rotatable bonds is 5. The summed E-state index contributed by atoms with van der Waals surface area (Å²) in [7, 11) is 0. The van der Waals surface area contributed by atoms with E-state index in [0.29, 0.717) is 11.7 Å². The molecule has 2 aromatic heterocycles. The highest BCUT2D eigenvalue weighted by Crippen LogP contribution is 2.21. The van der Waals surface area contributed by atoms with E-state index in [1.54, 1.807) is 0 Å². The summed E-state index contributed by atoms with van der Waals surface area (Å²) in [6, 6.07) is 1.40. The molecule has 0 spiro atoms. The van der Waals surface area contributed by atoms with Gasteiger partial charge in [0, 0.05) is 24.0 Å². The lowest BCUT2D eigenvalue weighted by Crippen LogP contribution is -2.15. The first kappa shape index (κ1) is 14.2. The van der Waals surface area contributed by atoms with Crippen LogP contribution in [0.4, 0.5) is 5.13 Å². The summed E-state index contributed by atoms with van der Waals surface area (Å²) in [5.41, 5.74) is 0.875. The molecule has 0 aliphatic carbocycles. The van der Waals surface area contributed by atoms with Crippen molar-refractivity contribution < 1.29 is 14.7 Å². The average molecular weight is 294 g/mol. The first-order chi connectivity index (χ1) is 9.45. The van der Waals surface area contributed by atoms with Gasteiger partial charge in [-0.15, -0.1) is 11.3 Å². The average Bonchev–Trinajstić information content (AvgIpc) is 2.95. The predicted molar refractivity (Wildman–Crippen MR) is 74.0 cm³/mol. The molecule has 1 amide bonds. The number of aromatic carboxylic acids is 1. The van der Waals surface area contributed by atoms with E-state index in [2.05, 4.69) is 15.4 Å². The molecule has 2 aromatic rings. The maximum Gasteiger partial charge on any atom is 0.356 e. The highest BCUT2D eigenvalue weighted by atomic mass is 32.1. The van der Waals surface area contributed by atoms with Gasteiger partial charge >= 0.3 is 5.97 Å². The highest BCUT2D eigenvalue weighted by Gasteiger charge is 2.10. The summed E-state index contributed by atoms with van der Waals surface area (Å²) in [6.07, 6.45) is 1.74. The lowest BCUT2D eigenvalue weighted by Gasteiger charge is -2.02. The van der Waals surface area contributed by atoms with Gasteiger partial charge in [0.2, 0.25) is 5.91 Å². The van der Waals surface area contributed by atoms with Crippen LogP contribution in [0, 0.1) is 13.8 Å². The van der Waals surface area contributed by atoms with Crippen LogP contribution in [0.1, 0.15) is 27.5 Å². The number of anilines is 1. The molecular weight excluding hydrogens is 280 g/mol. The molecule has 0 aliphatic rings. The fourth-order valence-corrected chi connectivity index (χ4v) is 2.36. The zero-order valence-electron chi connectivity index (χ0n) is 11.1. The Balaban J connectivity index is 1.87. The van der Waals surface area contributed by atoms with E-state index in [1.165, 1.54) is 28.3 Å². The topological polar surface area (TPSA) is 97.1 Å². The van der Waals surface area contributed by atoms with E-state index in [4.69, 9.17) is 5.11 Å². The molecule has 0 saturated heterocycles. The van der Waals surface area contributed by atoms with Crippen molar-refractivity contribution in [3.8, 4) is 0 Å². The fraction of sp³-hybridized carbons (Fsp3) is 0.333. The van der Waals surface area contributed by atoms with Gasteiger partial charge in [0.15, 0.2) is 10.8 Å². The Bertz CT molecular complexity index is 627. The summed E-state index contributed by atoms with van der Waals surface area (Å²) in [5.74, 6) is -1.26. The van der Waals surface area contributed by atoms with Crippen molar-refractivity contribution in [2.75, 3.05) is 5.32 Å². The van der Waals surface area contributed by atoms with Gasteiger partial charge in [0.1, 0.15) is 0 Å². The van der Waals surface area contributed by atoms with E-state index in [1.807, 2.05) is 13.8 Å². The number of carboxylic acids is 1. The Kier molecular flexibility index (Phi) is 4.14. The van der Waals surface area contributed by atoms with Gasteiger partial charge in [-0.05, 0) is 19.9 Å². The van der Waals surface area contributed by atoms with Gasteiger partial charge in [-0.2, -0.15) is 5.10 Å². The second-order valence-corrected chi connectivity index (χ2v) is 5.43. The lowest BCUT2D eigenvalue weighted by atomic mass is 10.4. The Morgan fingerprint density at radius 3 is 2.75 bits per heavy atom. The summed E-state index contributed by atoms with van der Waals surface area (Å²) in [5, 5.41) is 15.9. The molecule has 2 rings (SSSR count). The minimum Gasteiger partial charge on any atom is -0.476 e. The van der Waals surface area contributed by atoms with Crippen LogP contribution in [-0.2, 0) is 11.3 Å². The summed E-state index contributed by atoms with van der Waals surface area (Å²) in [4.78, 5) is 27.7. The van der Waals surface area contributed by atoms with Gasteiger partial charge < -0.3 is 10.4 Å². The number of thiazole rings is 1. The summed E-state index contributed by atoms with van der Waals surface area (Å²) >= 11 is 1.43. The number of hydrogen-bond donors (Lipinski definition) is 2. The monoisotopic (exact) mass is 294 g/mol. The van der Waals surface area contributed by atoms with E-state index in [9.17, 15) is 9.59 Å². The van der Waals surface area contributed by atoms with Crippen LogP contribution in [0.15, 0.2) is 12.3 Å². The molecule has 2 N–H and O–H groups in total. The van der Waals surface area contributed by atoms with Crippen LogP contribution >= 0.6 is 11.3 Å². The van der Waals surface area contributed by atoms with Crippen LogP contribution in [-0.4, -0.2) is 31.7 Å². The Hall–Kier alpha value is -2.22. The molecule has 2 heterocycles. The van der Waals surface area contributed by atoms with Crippen molar-refractivity contribution in [2.24, 2.45) is 0 Å². The largest absolute Gasteiger partial charge is 0.476 e. The molecule has 20 heavy (non-hydrogen) atoms. The minimum atomic E-state index is -1.08. The molecule has 0 aromatic carbocycles. The Morgan fingerprint density at radius 2 is 2.20 bits per heavy atom. The number of aromatic nitrogens is 3. The molecule has 0 aliphatic heterocycles. The number of nitrogens with one attached hydrogen (secondary N) is 1. The standard InChI is InChI=1S/C12H14N4O3S/c1-7-8(2)20-12(13-7)14-10(17)4-6-16-5-3-9(15-16)11(18)19/h3,5H,4,6H2,1-2H3,(H,18,19)(H,13,14,17). The second kappa shape index (κ2) is 5.83. The lowest BCUT2D eigenvalue weighted by molar-refractivity contribution is -0.116. The number of hydrogen-bond acceptors (Lipinski definition) is 5. The van der Waals surface area contributed by atoms with Crippen molar-refractivity contribution in [1.82, 2.24) is 14.8 Å². The molecule has 0 radical (unpaired) electrons. The Morgan fingerprint density at radius 1 is 1.45 bits per heavy atom. The number of aryl methyl sites for hydroxylation is 3. The summed E-state index contributed by atoms with van der Waals surface area (Å²) < 4.78 is 1.43. The molecule has 7 nitrogen and oxygen atoms in total. The molecule has 0 saturated carbocycles. The second-order valence-electron chi connectivity index (χ2n) is 4.23. The highest BCUT2D eigenvalue weighted by molar-refractivity contribution is 7.15. The van der Waals surface area contributed by atoms with Crippen LogP contribution < -0.4 is 5.32 Å². The van der Waals surface area contributed by atoms with E-state index in [0.717, 1.165) is 10.6 Å². The van der Waals surface area contributed by atoms with Gasteiger partial charge in [-0.1, -0.05) is 0 Å². The van der Waals surface area contributed by atoms with Crippen molar-refractivity contribution >= 4 is 28.3 Å². The number of carbonyl (C=O) groups is 2. The molecule has 0 fully saturated rings. The molecule has 106 valence electrons. The van der Waals surface area contributed by atoms with Crippen molar-refractivity contribution in [1.29, 1.82) is 0 Å². The number of amides is 1. The zero-order valence-corrected chi connectivity index (χ0v) is 11.9. The maximum absolute atomic E-state index is 11.7. The van der Waals surface area contributed by atoms with Crippen molar-refractivity contribution in [3.05, 3.63) is 28.5 Å². The zero-order chi connectivity index (χ0) is 14.7. The molecule has 0 atom stereocenters. The van der Waals surface area contributed by atoms with Crippen LogP contribution in [0.3, 0.4) is 0 Å². The quantitative estimate of drug-likeness (QED) is 0.874. The van der Waals surface area contributed by atoms with Crippen LogP contribution in [0.5, 0.6) is 0 Å². The van der Waals surface area contributed by atoms with Gasteiger partial charge in [-0.25, -0.2) is 9.78 Å². The normalized spacial score (nSPS) is 10.5. The SMILES string of the molecule is Cc1nc(NC(=O)CCn2ccc(C(=O)O)n2)sc1C. The third-order valence-corrected chi connectivity index (χ3v) is 3.69.